The molecule has 34 heavy (non-hydrogen) atoms. The molecule has 1 amide bonds. The molecule has 9 heteroatoms. The van der Waals surface area contributed by atoms with Gasteiger partial charge in [-0.2, -0.15) is 4.98 Å². The summed E-state index contributed by atoms with van der Waals surface area (Å²) in [6.07, 6.45) is 9.94. The minimum Gasteiger partial charge on any atom is -0.368 e. The Labute approximate surface area is 198 Å². The first kappa shape index (κ1) is 22.3. The molecule has 1 aromatic carbocycles. The molecular weight excluding hydrogens is 430 g/mol. The Morgan fingerprint density at radius 2 is 1.62 bits per heavy atom. The van der Waals surface area contributed by atoms with Gasteiger partial charge in [0.15, 0.2) is 5.65 Å². The van der Waals surface area contributed by atoms with E-state index in [0.717, 1.165) is 68.6 Å². The van der Waals surface area contributed by atoms with Gasteiger partial charge in [-0.3, -0.25) is 9.36 Å². The highest BCUT2D eigenvalue weighted by Gasteiger charge is 2.20. The Kier molecular flexibility index (Phi) is 6.42. The standard InChI is InChI=1S/C25H31N7O2/c1-18(33)30-12-14-31(15-13-30)21-10-8-20(9-11-21)28-24-26-16-19-17-27-25(34)32(23(19)29-24)22-6-4-2-3-5-7-22/h8-11,16-17,22H,2-7,12-15H2,1H3,(H,26,28,29). The zero-order chi connectivity index (χ0) is 23.5. The number of amides is 1. The second kappa shape index (κ2) is 9.79. The molecule has 3 aromatic rings. The molecule has 178 valence electrons. The van der Waals surface area contributed by atoms with E-state index in [2.05, 4.69) is 32.3 Å². The van der Waals surface area contributed by atoms with Crippen molar-refractivity contribution in [1.29, 1.82) is 0 Å². The fourth-order valence-corrected chi connectivity index (χ4v) is 5.01. The second-order valence-corrected chi connectivity index (χ2v) is 9.19. The van der Waals surface area contributed by atoms with E-state index >= 15 is 0 Å². The molecule has 5 rings (SSSR count). The maximum Gasteiger partial charge on any atom is 0.349 e. The zero-order valence-electron chi connectivity index (χ0n) is 19.6. The molecule has 3 heterocycles. The molecule has 1 aliphatic heterocycles. The molecule has 0 radical (unpaired) electrons. The number of benzene rings is 1. The molecule has 1 aliphatic carbocycles. The number of hydrogen-bond acceptors (Lipinski definition) is 7. The summed E-state index contributed by atoms with van der Waals surface area (Å²) in [4.78, 5) is 41.7. The van der Waals surface area contributed by atoms with Crippen molar-refractivity contribution in [3.8, 4) is 0 Å². The van der Waals surface area contributed by atoms with E-state index in [-0.39, 0.29) is 17.6 Å². The van der Waals surface area contributed by atoms with Gasteiger partial charge in [0.2, 0.25) is 11.9 Å². The van der Waals surface area contributed by atoms with Crippen LogP contribution in [0.1, 0.15) is 51.5 Å². The van der Waals surface area contributed by atoms with Crippen LogP contribution in [0.15, 0.2) is 41.5 Å². The third-order valence-corrected chi connectivity index (χ3v) is 6.95. The Morgan fingerprint density at radius 1 is 0.941 bits per heavy atom. The van der Waals surface area contributed by atoms with Crippen molar-refractivity contribution < 1.29 is 4.79 Å². The van der Waals surface area contributed by atoms with Gasteiger partial charge in [-0.05, 0) is 37.1 Å². The summed E-state index contributed by atoms with van der Waals surface area (Å²) >= 11 is 0. The van der Waals surface area contributed by atoms with Gasteiger partial charge < -0.3 is 15.1 Å². The van der Waals surface area contributed by atoms with Gasteiger partial charge >= 0.3 is 5.69 Å². The van der Waals surface area contributed by atoms with Gasteiger partial charge in [-0.25, -0.2) is 14.8 Å². The Hall–Kier alpha value is -3.49. The highest BCUT2D eigenvalue weighted by molar-refractivity contribution is 5.75. The van der Waals surface area contributed by atoms with Crippen LogP contribution < -0.4 is 15.9 Å². The molecule has 1 saturated heterocycles. The van der Waals surface area contributed by atoms with Crippen LogP contribution in [-0.4, -0.2) is 56.5 Å². The number of nitrogens with zero attached hydrogens (tertiary/aromatic N) is 6. The van der Waals surface area contributed by atoms with E-state index in [0.29, 0.717) is 11.6 Å². The number of nitrogens with one attached hydrogen (secondary N) is 1. The average Bonchev–Trinajstić information content (AvgIpc) is 3.14. The number of rotatable bonds is 4. The number of carbonyl (C=O) groups is 1. The van der Waals surface area contributed by atoms with E-state index < -0.39 is 0 Å². The molecule has 0 atom stereocenters. The van der Waals surface area contributed by atoms with Crippen LogP contribution in [0.5, 0.6) is 0 Å². The van der Waals surface area contributed by atoms with E-state index in [4.69, 9.17) is 4.98 Å². The molecule has 2 aliphatic rings. The summed E-state index contributed by atoms with van der Waals surface area (Å²) in [7, 11) is 0. The van der Waals surface area contributed by atoms with Crippen molar-refractivity contribution in [2.24, 2.45) is 0 Å². The van der Waals surface area contributed by atoms with Gasteiger partial charge in [0.05, 0.1) is 5.39 Å². The Bertz CT molecular complexity index is 1210. The highest BCUT2D eigenvalue weighted by atomic mass is 16.2. The largest absolute Gasteiger partial charge is 0.368 e. The minimum atomic E-state index is -0.238. The first-order chi connectivity index (χ1) is 16.6. The molecule has 2 fully saturated rings. The van der Waals surface area contributed by atoms with Crippen LogP contribution in [-0.2, 0) is 4.79 Å². The van der Waals surface area contributed by atoms with Crippen molar-refractivity contribution in [1.82, 2.24) is 24.4 Å². The van der Waals surface area contributed by atoms with Gasteiger partial charge in [0.25, 0.3) is 0 Å². The minimum absolute atomic E-state index is 0.134. The van der Waals surface area contributed by atoms with Crippen molar-refractivity contribution >= 4 is 34.3 Å². The lowest BCUT2D eigenvalue weighted by molar-refractivity contribution is -0.129. The molecule has 0 spiro atoms. The zero-order valence-corrected chi connectivity index (χ0v) is 19.6. The monoisotopic (exact) mass is 461 g/mol. The molecule has 9 nitrogen and oxygen atoms in total. The quantitative estimate of drug-likeness (QED) is 0.594. The average molecular weight is 462 g/mol. The molecule has 1 N–H and O–H groups in total. The summed E-state index contributed by atoms with van der Waals surface area (Å²) in [6, 6.07) is 8.28. The lowest BCUT2D eigenvalue weighted by Crippen LogP contribution is -2.48. The van der Waals surface area contributed by atoms with E-state index in [1.54, 1.807) is 23.9 Å². The lowest BCUT2D eigenvalue weighted by atomic mass is 10.1. The third kappa shape index (κ3) is 4.73. The molecule has 0 bridgehead atoms. The number of fused-ring (bicyclic) bond motifs is 1. The topological polar surface area (TPSA) is 96.3 Å². The smallest absolute Gasteiger partial charge is 0.349 e. The maximum absolute atomic E-state index is 12.7. The van der Waals surface area contributed by atoms with Crippen LogP contribution in [0.25, 0.3) is 11.0 Å². The first-order valence-corrected chi connectivity index (χ1v) is 12.2. The SMILES string of the molecule is CC(=O)N1CCN(c2ccc(Nc3ncc4cnc(=O)n(C5CCCCCC5)c4n3)cc2)CC1. The molecular formula is C25H31N7O2. The van der Waals surface area contributed by atoms with E-state index in [1.165, 1.54) is 12.8 Å². The summed E-state index contributed by atoms with van der Waals surface area (Å²) < 4.78 is 1.78. The Balaban J connectivity index is 1.34. The number of aromatic nitrogens is 4. The predicted octanol–water partition coefficient (Wildman–Crippen LogP) is 3.49. The normalized spacial score (nSPS) is 17.6. The number of anilines is 3. The summed E-state index contributed by atoms with van der Waals surface area (Å²) in [6.45, 7) is 4.77. The molecule has 2 aromatic heterocycles. The Morgan fingerprint density at radius 3 is 2.29 bits per heavy atom. The van der Waals surface area contributed by atoms with Crippen LogP contribution in [0.2, 0.25) is 0 Å². The van der Waals surface area contributed by atoms with Crippen molar-refractivity contribution in [2.45, 2.75) is 51.5 Å². The van der Waals surface area contributed by atoms with Gasteiger partial charge in [-0.15, -0.1) is 0 Å². The van der Waals surface area contributed by atoms with Gasteiger partial charge in [0, 0.05) is 62.9 Å². The summed E-state index contributed by atoms with van der Waals surface area (Å²) in [5, 5.41) is 4.05. The van der Waals surface area contributed by atoms with Crippen LogP contribution in [0, 0.1) is 0 Å². The van der Waals surface area contributed by atoms with Crippen LogP contribution in [0.4, 0.5) is 17.3 Å². The van der Waals surface area contributed by atoms with Gasteiger partial charge in [0.1, 0.15) is 0 Å². The molecule has 0 unspecified atom stereocenters. The fourth-order valence-electron chi connectivity index (χ4n) is 5.01. The number of carbonyl (C=O) groups excluding carboxylic acids is 1. The van der Waals surface area contributed by atoms with Crippen molar-refractivity contribution in [3.63, 3.8) is 0 Å². The summed E-state index contributed by atoms with van der Waals surface area (Å²) in [5.41, 5.74) is 2.41. The third-order valence-electron chi connectivity index (χ3n) is 6.95. The van der Waals surface area contributed by atoms with Crippen molar-refractivity contribution in [3.05, 3.63) is 47.1 Å². The highest BCUT2D eigenvalue weighted by Crippen LogP contribution is 2.28. The first-order valence-electron chi connectivity index (χ1n) is 12.2. The second-order valence-electron chi connectivity index (χ2n) is 9.19. The van der Waals surface area contributed by atoms with Crippen LogP contribution >= 0.6 is 0 Å². The number of hydrogen-bond donors (Lipinski definition) is 1. The molecule has 1 saturated carbocycles. The van der Waals surface area contributed by atoms with E-state index in [9.17, 15) is 9.59 Å². The van der Waals surface area contributed by atoms with Gasteiger partial charge in [-0.1, -0.05) is 25.7 Å². The van der Waals surface area contributed by atoms with Crippen LogP contribution in [0.3, 0.4) is 0 Å². The fraction of sp³-hybridized carbons (Fsp3) is 0.480. The van der Waals surface area contributed by atoms with E-state index in [1.807, 2.05) is 17.0 Å². The van der Waals surface area contributed by atoms with Crippen molar-refractivity contribution in [2.75, 3.05) is 36.4 Å². The lowest BCUT2D eigenvalue weighted by Gasteiger charge is -2.35. The summed E-state index contributed by atoms with van der Waals surface area (Å²) in [5.74, 6) is 0.595. The number of piperazine rings is 1. The maximum atomic E-state index is 12.7. The predicted molar refractivity (Wildman–Crippen MR) is 133 cm³/mol.